The predicted molar refractivity (Wildman–Crippen MR) is 97.4 cm³/mol. The first kappa shape index (κ1) is 17.3. The lowest BCUT2D eigenvalue weighted by molar-refractivity contribution is 0.581. The second-order valence-corrected chi connectivity index (χ2v) is 7.60. The van der Waals surface area contributed by atoms with Gasteiger partial charge in [-0.15, -0.1) is 0 Å². The van der Waals surface area contributed by atoms with Crippen molar-refractivity contribution in [3.05, 3.63) is 77.5 Å². The van der Waals surface area contributed by atoms with Crippen LogP contribution in [0.25, 0.3) is 11.3 Å². The molecule has 0 amide bonds. The van der Waals surface area contributed by atoms with E-state index in [1.165, 1.54) is 0 Å². The van der Waals surface area contributed by atoms with E-state index in [0.717, 1.165) is 27.9 Å². The predicted octanol–water partition coefficient (Wildman–Crippen LogP) is 3.24. The molecule has 0 bridgehead atoms. The summed E-state index contributed by atoms with van der Waals surface area (Å²) >= 11 is 0. The van der Waals surface area contributed by atoms with Gasteiger partial charge in [0, 0.05) is 12.1 Å². The molecule has 3 rings (SSSR count). The van der Waals surface area contributed by atoms with E-state index in [4.69, 9.17) is 0 Å². The van der Waals surface area contributed by atoms with Gasteiger partial charge < -0.3 is 0 Å². The van der Waals surface area contributed by atoms with Crippen molar-refractivity contribution in [1.82, 2.24) is 14.9 Å². The molecule has 0 radical (unpaired) electrons. The van der Waals surface area contributed by atoms with Crippen LogP contribution in [0, 0.1) is 13.8 Å². The quantitative estimate of drug-likeness (QED) is 0.764. The molecule has 2 aromatic carbocycles. The first-order chi connectivity index (χ1) is 12.0. The molecule has 0 saturated carbocycles. The molecule has 0 atom stereocenters. The Labute approximate surface area is 147 Å². The van der Waals surface area contributed by atoms with Gasteiger partial charge in [0.1, 0.15) is 0 Å². The molecule has 0 aliphatic carbocycles. The van der Waals surface area contributed by atoms with Gasteiger partial charge in [0.25, 0.3) is 0 Å². The largest absolute Gasteiger partial charge is 0.240 e. The monoisotopic (exact) mass is 353 g/mol. The van der Waals surface area contributed by atoms with Gasteiger partial charge in [-0.1, -0.05) is 42.5 Å². The van der Waals surface area contributed by atoms with Gasteiger partial charge in [-0.2, -0.15) is 10.2 Å². The maximum absolute atomic E-state index is 12.4. The van der Waals surface area contributed by atoms with Gasteiger partial charge in [-0.05, 0) is 42.7 Å². The molecule has 0 unspecified atom stereocenters. The number of aryl methyl sites for hydroxylation is 1. The second-order valence-electron chi connectivity index (χ2n) is 5.84. The topological polar surface area (TPSA) is 72.0 Å². The van der Waals surface area contributed by atoms with E-state index in [1.54, 1.807) is 30.5 Å². The Morgan fingerprint density at radius 3 is 2.32 bits per heavy atom. The molecular weight excluding hydrogens is 334 g/mol. The molecule has 0 aliphatic rings. The number of hydrogen-bond acceptors (Lipinski definition) is 4. The molecule has 0 fully saturated rings. The minimum atomic E-state index is -3.56. The first-order valence-electron chi connectivity index (χ1n) is 7.90. The smallest absolute Gasteiger partial charge is 0.207 e. The van der Waals surface area contributed by atoms with Crippen LogP contribution in [-0.4, -0.2) is 18.6 Å². The maximum atomic E-state index is 12.4. The summed E-state index contributed by atoms with van der Waals surface area (Å²) in [7, 11) is -3.56. The van der Waals surface area contributed by atoms with Crippen LogP contribution >= 0.6 is 0 Å². The van der Waals surface area contributed by atoms with E-state index in [1.807, 2.05) is 44.2 Å². The van der Waals surface area contributed by atoms with Crippen LogP contribution < -0.4 is 4.72 Å². The number of nitrogens with one attached hydrogen (secondary N) is 1. The van der Waals surface area contributed by atoms with Gasteiger partial charge in [-0.25, -0.2) is 13.1 Å². The zero-order valence-corrected chi connectivity index (χ0v) is 14.9. The Morgan fingerprint density at radius 1 is 0.960 bits per heavy atom. The van der Waals surface area contributed by atoms with Crippen molar-refractivity contribution >= 4 is 10.0 Å². The minimum absolute atomic E-state index is 0.227. The van der Waals surface area contributed by atoms with Crippen molar-refractivity contribution in [2.75, 3.05) is 0 Å². The third kappa shape index (κ3) is 3.92. The number of benzene rings is 2. The van der Waals surface area contributed by atoms with Crippen LogP contribution in [0.15, 0.2) is 65.7 Å². The number of sulfonamides is 1. The van der Waals surface area contributed by atoms with Gasteiger partial charge in [0.2, 0.25) is 10.0 Å². The zero-order chi connectivity index (χ0) is 17.9. The average molecular weight is 353 g/mol. The van der Waals surface area contributed by atoms with Crippen molar-refractivity contribution in [2.45, 2.75) is 25.3 Å². The summed E-state index contributed by atoms with van der Waals surface area (Å²) < 4.78 is 27.5. The van der Waals surface area contributed by atoms with Crippen LogP contribution in [0.5, 0.6) is 0 Å². The molecule has 6 heteroatoms. The molecular formula is C19H19N3O2S. The van der Waals surface area contributed by atoms with Crippen molar-refractivity contribution in [1.29, 1.82) is 0 Å². The third-order valence-corrected chi connectivity index (χ3v) is 5.52. The summed E-state index contributed by atoms with van der Waals surface area (Å²) in [5.74, 6) is 0. The summed E-state index contributed by atoms with van der Waals surface area (Å²) in [5.41, 5.74) is 4.60. The Morgan fingerprint density at radius 2 is 1.64 bits per heavy atom. The average Bonchev–Trinajstić information content (AvgIpc) is 2.63. The van der Waals surface area contributed by atoms with Gasteiger partial charge in [0.15, 0.2) is 0 Å². The standard InChI is InChI=1S/C19H19N3O2S/c1-14-12-20-22-19(15(14)2)17-8-10-18(11-9-17)25(23,24)21-13-16-6-4-3-5-7-16/h3-12,21H,13H2,1-2H3. The minimum Gasteiger partial charge on any atom is -0.207 e. The maximum Gasteiger partial charge on any atom is 0.240 e. The van der Waals surface area contributed by atoms with Crippen LogP contribution in [0.3, 0.4) is 0 Å². The van der Waals surface area contributed by atoms with E-state index in [-0.39, 0.29) is 11.4 Å². The van der Waals surface area contributed by atoms with Crippen molar-refractivity contribution in [3.63, 3.8) is 0 Å². The highest BCUT2D eigenvalue weighted by molar-refractivity contribution is 7.89. The molecule has 0 aliphatic heterocycles. The summed E-state index contributed by atoms with van der Waals surface area (Å²) in [6, 6.07) is 16.1. The van der Waals surface area contributed by atoms with Crippen LogP contribution in [0.2, 0.25) is 0 Å². The van der Waals surface area contributed by atoms with Crippen LogP contribution in [-0.2, 0) is 16.6 Å². The van der Waals surface area contributed by atoms with Crippen LogP contribution in [0.1, 0.15) is 16.7 Å². The summed E-state index contributed by atoms with van der Waals surface area (Å²) in [5, 5.41) is 8.14. The highest BCUT2D eigenvalue weighted by Gasteiger charge is 2.14. The normalized spacial score (nSPS) is 11.4. The Balaban J connectivity index is 1.80. The number of nitrogens with zero attached hydrogens (tertiary/aromatic N) is 2. The van der Waals surface area contributed by atoms with Gasteiger partial charge in [-0.3, -0.25) is 0 Å². The molecule has 128 valence electrons. The van der Waals surface area contributed by atoms with Crippen LogP contribution in [0.4, 0.5) is 0 Å². The zero-order valence-electron chi connectivity index (χ0n) is 14.1. The van der Waals surface area contributed by atoms with E-state index in [9.17, 15) is 8.42 Å². The number of hydrogen-bond donors (Lipinski definition) is 1. The Hall–Kier alpha value is -2.57. The van der Waals surface area contributed by atoms with Gasteiger partial charge >= 0.3 is 0 Å². The summed E-state index contributed by atoms with van der Waals surface area (Å²) in [6.07, 6.45) is 1.71. The molecule has 0 saturated heterocycles. The van der Waals surface area contributed by atoms with E-state index < -0.39 is 10.0 Å². The van der Waals surface area contributed by atoms with Crippen molar-refractivity contribution in [3.8, 4) is 11.3 Å². The molecule has 3 aromatic rings. The highest BCUT2D eigenvalue weighted by atomic mass is 32.2. The lowest BCUT2D eigenvalue weighted by Gasteiger charge is -2.09. The number of rotatable bonds is 5. The fourth-order valence-electron chi connectivity index (χ4n) is 2.46. The lowest BCUT2D eigenvalue weighted by atomic mass is 10.0. The Bertz CT molecular complexity index is 969. The highest BCUT2D eigenvalue weighted by Crippen LogP contribution is 2.23. The Kier molecular flexibility index (Phi) is 4.92. The number of aromatic nitrogens is 2. The molecule has 5 nitrogen and oxygen atoms in total. The summed E-state index contributed by atoms with van der Waals surface area (Å²) in [6.45, 7) is 4.21. The SMILES string of the molecule is Cc1cnnc(-c2ccc(S(=O)(=O)NCc3ccccc3)cc2)c1C. The molecule has 1 heterocycles. The molecule has 1 N–H and O–H groups in total. The fourth-order valence-corrected chi connectivity index (χ4v) is 3.47. The van der Waals surface area contributed by atoms with E-state index in [2.05, 4.69) is 14.9 Å². The molecule has 0 spiro atoms. The molecule has 25 heavy (non-hydrogen) atoms. The van der Waals surface area contributed by atoms with Gasteiger partial charge in [0.05, 0.1) is 16.8 Å². The van der Waals surface area contributed by atoms with Crippen molar-refractivity contribution in [2.24, 2.45) is 0 Å². The summed E-state index contributed by atoms with van der Waals surface area (Å²) in [4.78, 5) is 0.227. The van der Waals surface area contributed by atoms with E-state index in [0.29, 0.717) is 0 Å². The molecule has 1 aromatic heterocycles. The fraction of sp³-hybridized carbons (Fsp3) is 0.158. The van der Waals surface area contributed by atoms with E-state index >= 15 is 0 Å². The second kappa shape index (κ2) is 7.13. The lowest BCUT2D eigenvalue weighted by Crippen LogP contribution is -2.23. The first-order valence-corrected chi connectivity index (χ1v) is 9.38. The third-order valence-electron chi connectivity index (χ3n) is 4.10. The van der Waals surface area contributed by atoms with Crippen molar-refractivity contribution < 1.29 is 8.42 Å².